The predicted octanol–water partition coefficient (Wildman–Crippen LogP) is 14.2. The van der Waals surface area contributed by atoms with Gasteiger partial charge in [0.2, 0.25) is 0 Å². The molecule has 0 aliphatic heterocycles. The largest absolute Gasteiger partial charge is 0.477 e. The third-order valence-corrected chi connectivity index (χ3v) is 11.2. The Labute approximate surface area is 406 Å². The van der Waals surface area contributed by atoms with E-state index in [0.29, 0.717) is 11.3 Å². The van der Waals surface area contributed by atoms with E-state index in [1.165, 1.54) is 30.5 Å². The first-order chi connectivity index (χ1) is 32.8. The fraction of sp³-hybridized carbons (Fsp3) is 0. The van der Waals surface area contributed by atoms with Gasteiger partial charge in [0.1, 0.15) is 11.4 Å². The van der Waals surface area contributed by atoms with Crippen LogP contribution in [0.4, 0.5) is 4.39 Å². The van der Waals surface area contributed by atoms with E-state index >= 15 is 0 Å². The molecule has 1 radical (unpaired) electrons. The number of carboxylic acid groups (broad SMARTS) is 2. The van der Waals surface area contributed by atoms with E-state index in [1.807, 2.05) is 66.9 Å². The number of nitrogens with zero attached hydrogens (tertiary/aromatic N) is 3. The first kappa shape index (κ1) is 46.1. The summed E-state index contributed by atoms with van der Waals surface area (Å²) in [6, 6.07) is 70.1. The number of hydrogen-bond donors (Lipinski definition) is 2. The second-order valence-corrected chi connectivity index (χ2v) is 15.5. The van der Waals surface area contributed by atoms with Gasteiger partial charge in [-0.05, 0) is 109 Å². The van der Waals surface area contributed by atoms with Crippen LogP contribution in [0.3, 0.4) is 0 Å². The second-order valence-electron chi connectivity index (χ2n) is 15.5. The molecule has 0 unspecified atom stereocenters. The van der Waals surface area contributed by atoms with Gasteiger partial charge in [-0.15, -0.1) is 29.8 Å². The summed E-state index contributed by atoms with van der Waals surface area (Å²) in [6.45, 7) is 0. The molecule has 0 aliphatic rings. The number of hydrogen-bond acceptors (Lipinski definition) is 5. The van der Waals surface area contributed by atoms with Crippen molar-refractivity contribution in [2.45, 2.75) is 0 Å². The molecule has 3 aromatic heterocycles. The molecule has 10 rings (SSSR count). The van der Waals surface area contributed by atoms with Gasteiger partial charge in [0.05, 0.1) is 0 Å². The van der Waals surface area contributed by atoms with Gasteiger partial charge in [-0.2, -0.15) is 0 Å². The van der Waals surface area contributed by atoms with Crippen molar-refractivity contribution in [3.05, 3.63) is 248 Å². The Hall–Kier alpha value is -8.49. The van der Waals surface area contributed by atoms with Crippen LogP contribution in [-0.2, 0) is 20.1 Å². The van der Waals surface area contributed by atoms with Crippen molar-refractivity contribution < 1.29 is 44.3 Å². The maximum atomic E-state index is 14.0. The summed E-state index contributed by atoms with van der Waals surface area (Å²) in [5.41, 5.74) is 15.6. The molecule has 3 heterocycles. The van der Waals surface area contributed by atoms with Crippen LogP contribution in [0.15, 0.2) is 225 Å². The summed E-state index contributed by atoms with van der Waals surface area (Å²) in [6.07, 6.45) is 4.98. The monoisotopic (exact) mass is 1070 g/mol. The fourth-order valence-corrected chi connectivity index (χ4v) is 7.96. The zero-order chi connectivity index (χ0) is 46.1. The number of aromatic nitrogens is 3. The third kappa shape index (κ3) is 10.5. The van der Waals surface area contributed by atoms with E-state index in [1.54, 1.807) is 30.5 Å². The first-order valence-electron chi connectivity index (χ1n) is 21.4. The maximum Gasteiger partial charge on any atom is 0.354 e. The van der Waals surface area contributed by atoms with Crippen LogP contribution in [0.1, 0.15) is 21.0 Å². The standard InChI is InChI=1S/C53H34FN2O2.C6H5NO2.Ir/c54-44-26-23-39(24-27-44)52-32-49(38-21-19-37(20-22-38)35-11-3-1-4-12-35)50(34-56-52)48-18-10-9-17-47(48)43-30-41(36-13-5-2-6-14-36)29-42(31-43)46-16-8-7-15-45(46)40-25-28-51(53(57)58)55-33-40;8-6(9)5-3-1-2-4-7-5;/h1-23,25-34H,(H,57,58);1-4H,(H,8,9);/q-1;;. The maximum absolute atomic E-state index is 14.0. The SMILES string of the molecule is O=C(O)c1ccc(-c2ccccc2-c2cc(-c3ccccc3)cc(-c3ccccc3-c3cnc(-c4[c-]cc(F)cc4)cc3-c3ccc(-c4ccccc4)cc3)c2)cn1.O=C(O)c1ccccn1.[Ir]. The Morgan fingerprint density at radius 2 is 0.897 bits per heavy atom. The number of halogens is 1. The molecule has 2 N–H and O–H groups in total. The van der Waals surface area contributed by atoms with Crippen molar-refractivity contribution in [3.63, 3.8) is 0 Å². The number of carbonyl (C=O) groups is 2. The van der Waals surface area contributed by atoms with Gasteiger partial charge in [-0.25, -0.2) is 19.6 Å². The van der Waals surface area contributed by atoms with Gasteiger partial charge in [-0.3, -0.25) is 4.39 Å². The van der Waals surface area contributed by atoms with Crippen LogP contribution < -0.4 is 0 Å². The molecule has 0 saturated heterocycles. The van der Waals surface area contributed by atoms with E-state index in [4.69, 9.17) is 10.1 Å². The molecule has 331 valence electrons. The van der Waals surface area contributed by atoms with Crippen LogP contribution in [-0.4, -0.2) is 37.1 Å². The van der Waals surface area contributed by atoms with Crippen molar-refractivity contribution in [1.29, 1.82) is 0 Å². The van der Waals surface area contributed by atoms with Crippen molar-refractivity contribution in [1.82, 2.24) is 15.0 Å². The van der Waals surface area contributed by atoms with Gasteiger partial charge in [-0.1, -0.05) is 152 Å². The van der Waals surface area contributed by atoms with Gasteiger partial charge in [0, 0.05) is 55.6 Å². The summed E-state index contributed by atoms with van der Waals surface area (Å²) in [7, 11) is 0. The smallest absolute Gasteiger partial charge is 0.354 e. The predicted molar refractivity (Wildman–Crippen MR) is 262 cm³/mol. The Kier molecular flexibility index (Phi) is 14.4. The third-order valence-electron chi connectivity index (χ3n) is 11.2. The molecule has 0 aliphatic carbocycles. The Morgan fingerprint density at radius 1 is 0.397 bits per heavy atom. The average molecular weight is 1070 g/mol. The number of rotatable bonds is 10. The summed E-state index contributed by atoms with van der Waals surface area (Å²) >= 11 is 0. The van der Waals surface area contributed by atoms with E-state index in [0.717, 1.165) is 77.9 Å². The van der Waals surface area contributed by atoms with Crippen LogP contribution in [0.5, 0.6) is 0 Å². The molecule has 10 aromatic rings. The van der Waals surface area contributed by atoms with Gasteiger partial charge in [0.25, 0.3) is 0 Å². The number of carboxylic acids is 2. The summed E-state index contributed by atoms with van der Waals surface area (Å²) in [4.78, 5) is 34.5. The van der Waals surface area contributed by atoms with Gasteiger partial charge >= 0.3 is 11.9 Å². The molecule has 7 nitrogen and oxygen atoms in total. The van der Waals surface area contributed by atoms with Crippen molar-refractivity contribution in [2.75, 3.05) is 0 Å². The Bertz CT molecular complexity index is 3340. The normalized spacial score (nSPS) is 10.5. The van der Waals surface area contributed by atoms with E-state index in [-0.39, 0.29) is 37.3 Å². The Morgan fingerprint density at radius 3 is 1.44 bits per heavy atom. The van der Waals surface area contributed by atoms with E-state index in [2.05, 4.69) is 113 Å². The molecule has 0 fully saturated rings. The summed E-state index contributed by atoms with van der Waals surface area (Å²) in [5, 5.41) is 17.8. The van der Waals surface area contributed by atoms with E-state index in [9.17, 15) is 19.1 Å². The van der Waals surface area contributed by atoms with Gasteiger partial charge in [0.15, 0.2) is 0 Å². The minimum Gasteiger partial charge on any atom is -0.477 e. The zero-order valence-corrected chi connectivity index (χ0v) is 38.5. The van der Waals surface area contributed by atoms with E-state index < -0.39 is 11.9 Å². The van der Waals surface area contributed by atoms with Crippen molar-refractivity contribution >= 4 is 11.9 Å². The van der Waals surface area contributed by atoms with Crippen LogP contribution in [0.2, 0.25) is 0 Å². The number of benzene rings is 7. The fourth-order valence-electron chi connectivity index (χ4n) is 7.96. The molecule has 68 heavy (non-hydrogen) atoms. The van der Waals surface area contributed by atoms with Crippen molar-refractivity contribution in [2.24, 2.45) is 0 Å². The van der Waals surface area contributed by atoms with Gasteiger partial charge < -0.3 is 15.2 Å². The minimum absolute atomic E-state index is 0. The van der Waals surface area contributed by atoms with Crippen LogP contribution >= 0.6 is 0 Å². The first-order valence-corrected chi connectivity index (χ1v) is 21.4. The summed E-state index contributed by atoms with van der Waals surface area (Å²) in [5.74, 6) is -2.40. The quantitative estimate of drug-likeness (QED) is 0.131. The molecular formula is C59H39FIrN3O4-. The number of pyridine rings is 3. The van der Waals surface area contributed by atoms with Crippen molar-refractivity contribution in [3.8, 4) is 89.1 Å². The molecule has 0 spiro atoms. The second kappa shape index (κ2) is 21.2. The zero-order valence-electron chi connectivity index (χ0n) is 36.1. The molecule has 9 heteroatoms. The molecule has 7 aromatic carbocycles. The van der Waals surface area contributed by atoms with Crippen LogP contribution in [0, 0.1) is 11.9 Å². The minimum atomic E-state index is -1.07. The molecule has 0 amide bonds. The average Bonchev–Trinajstić information content (AvgIpc) is 3.39. The molecule has 0 bridgehead atoms. The number of aromatic carboxylic acids is 2. The molecule has 0 atom stereocenters. The molecular weight excluding hydrogens is 1030 g/mol. The van der Waals surface area contributed by atoms with Crippen LogP contribution in [0.25, 0.3) is 89.1 Å². The Balaban J connectivity index is 0.000000563. The molecule has 0 saturated carbocycles. The topological polar surface area (TPSA) is 113 Å². The summed E-state index contributed by atoms with van der Waals surface area (Å²) < 4.78 is 14.0.